The number of amides is 1. The van der Waals surface area contributed by atoms with Gasteiger partial charge in [0.15, 0.2) is 0 Å². The summed E-state index contributed by atoms with van der Waals surface area (Å²) in [6.45, 7) is 9.20. The molecule has 2 saturated heterocycles. The number of morpholine rings is 1. The molecule has 2 aliphatic rings. The molecular weight excluding hydrogens is 262 g/mol. The van der Waals surface area contributed by atoms with Gasteiger partial charge in [-0.3, -0.25) is 0 Å². The van der Waals surface area contributed by atoms with E-state index in [0.29, 0.717) is 26.3 Å². The van der Waals surface area contributed by atoms with Crippen LogP contribution in [0.3, 0.4) is 0 Å². The number of β-amino-alcohol motifs (C(OH)–C–C–N with tert-alkyl or cyclic N) is 1. The summed E-state index contributed by atoms with van der Waals surface area (Å²) in [6.07, 6.45) is -0.951. The number of nitrogens with zero attached hydrogens (tertiary/aromatic N) is 2. The first-order valence-corrected chi connectivity index (χ1v) is 7.10. The van der Waals surface area contributed by atoms with Crippen molar-refractivity contribution in [1.82, 2.24) is 15.3 Å². The zero-order valence-electron chi connectivity index (χ0n) is 12.5. The Morgan fingerprint density at radius 3 is 2.55 bits per heavy atom. The Hall–Kier alpha value is -0.890. The quantitative estimate of drug-likeness (QED) is 0.733. The summed E-state index contributed by atoms with van der Waals surface area (Å²) in [5.41, 5.74) is 2.75. The van der Waals surface area contributed by atoms with Crippen molar-refractivity contribution in [2.75, 3.05) is 39.4 Å². The molecule has 0 aromatic heterocycles. The molecule has 1 amide bonds. The standard InChI is InChI=1S/C13H25N3O4/c1-13(2,3)20-12(18)15-8-10(11(17)9-15)14-16-4-6-19-7-5-16/h10-11,14,17H,4-9H2,1-3H3. The Balaban J connectivity index is 1.83. The average Bonchev–Trinajstić information content (AvgIpc) is 2.70. The maximum absolute atomic E-state index is 12.0. The summed E-state index contributed by atoms with van der Waals surface area (Å²) in [5.74, 6) is 0. The molecule has 2 unspecified atom stereocenters. The van der Waals surface area contributed by atoms with Crippen LogP contribution in [0.25, 0.3) is 0 Å². The number of carbonyl (C=O) groups is 1. The van der Waals surface area contributed by atoms with E-state index < -0.39 is 11.7 Å². The third-order valence-corrected chi connectivity index (χ3v) is 3.30. The largest absolute Gasteiger partial charge is 0.444 e. The number of hydrogen-bond acceptors (Lipinski definition) is 6. The molecule has 116 valence electrons. The molecular formula is C13H25N3O4. The van der Waals surface area contributed by atoms with Crippen molar-refractivity contribution in [2.45, 2.75) is 38.5 Å². The van der Waals surface area contributed by atoms with Gasteiger partial charge in [-0.15, -0.1) is 0 Å². The van der Waals surface area contributed by atoms with Crippen molar-refractivity contribution in [3.8, 4) is 0 Å². The molecule has 7 heteroatoms. The van der Waals surface area contributed by atoms with Crippen LogP contribution >= 0.6 is 0 Å². The van der Waals surface area contributed by atoms with Crippen LogP contribution in [0.5, 0.6) is 0 Å². The highest BCUT2D eigenvalue weighted by atomic mass is 16.6. The topological polar surface area (TPSA) is 74.3 Å². The minimum atomic E-state index is -0.578. The predicted molar refractivity (Wildman–Crippen MR) is 73.1 cm³/mol. The summed E-state index contributed by atoms with van der Waals surface area (Å²) in [4.78, 5) is 13.5. The highest BCUT2D eigenvalue weighted by molar-refractivity contribution is 5.68. The van der Waals surface area contributed by atoms with Crippen LogP contribution in [0.2, 0.25) is 0 Å². The number of aliphatic hydroxyl groups is 1. The van der Waals surface area contributed by atoms with E-state index in [-0.39, 0.29) is 12.1 Å². The van der Waals surface area contributed by atoms with Gasteiger partial charge in [-0.2, -0.15) is 0 Å². The van der Waals surface area contributed by atoms with Gasteiger partial charge >= 0.3 is 6.09 Å². The predicted octanol–water partition coefficient (Wildman–Crippen LogP) is -0.197. The lowest BCUT2D eigenvalue weighted by atomic mass is 10.2. The van der Waals surface area contributed by atoms with Gasteiger partial charge in [0.1, 0.15) is 5.60 Å². The van der Waals surface area contributed by atoms with Gasteiger partial charge in [0, 0.05) is 19.6 Å². The number of carbonyl (C=O) groups excluding carboxylic acids is 1. The van der Waals surface area contributed by atoms with E-state index in [9.17, 15) is 9.90 Å². The average molecular weight is 287 g/mol. The van der Waals surface area contributed by atoms with Crippen LogP contribution in [0.15, 0.2) is 0 Å². The lowest BCUT2D eigenvalue weighted by Crippen LogP contribution is -2.53. The van der Waals surface area contributed by atoms with Gasteiger partial charge in [0.05, 0.1) is 31.9 Å². The summed E-state index contributed by atoms with van der Waals surface area (Å²) in [7, 11) is 0. The molecule has 0 saturated carbocycles. The number of ether oxygens (including phenoxy) is 2. The number of likely N-dealkylation sites (tertiary alicyclic amines) is 1. The summed E-state index contributed by atoms with van der Waals surface area (Å²) in [5, 5.41) is 12.1. The van der Waals surface area contributed by atoms with Gasteiger partial charge in [0.25, 0.3) is 0 Å². The molecule has 0 aliphatic carbocycles. The monoisotopic (exact) mass is 287 g/mol. The Kier molecular flexibility index (Phi) is 4.85. The van der Waals surface area contributed by atoms with Crippen molar-refractivity contribution in [3.05, 3.63) is 0 Å². The van der Waals surface area contributed by atoms with Gasteiger partial charge in [-0.05, 0) is 20.8 Å². The van der Waals surface area contributed by atoms with Crippen LogP contribution in [0, 0.1) is 0 Å². The van der Waals surface area contributed by atoms with Crippen molar-refractivity contribution in [1.29, 1.82) is 0 Å². The van der Waals surface area contributed by atoms with Gasteiger partial charge in [0.2, 0.25) is 0 Å². The minimum Gasteiger partial charge on any atom is -0.444 e. The first-order valence-electron chi connectivity index (χ1n) is 7.10. The summed E-state index contributed by atoms with van der Waals surface area (Å²) < 4.78 is 10.6. The number of rotatable bonds is 2. The smallest absolute Gasteiger partial charge is 0.410 e. The lowest BCUT2D eigenvalue weighted by molar-refractivity contribution is -0.00611. The molecule has 0 aromatic carbocycles. The fraction of sp³-hybridized carbons (Fsp3) is 0.923. The van der Waals surface area contributed by atoms with E-state index >= 15 is 0 Å². The molecule has 7 nitrogen and oxygen atoms in total. The highest BCUT2D eigenvalue weighted by Crippen LogP contribution is 2.16. The first-order chi connectivity index (χ1) is 9.35. The van der Waals surface area contributed by atoms with E-state index in [4.69, 9.17) is 9.47 Å². The number of hydrazine groups is 1. The molecule has 2 N–H and O–H groups in total. The Bertz CT molecular complexity index is 339. The maximum Gasteiger partial charge on any atom is 0.410 e. The molecule has 2 fully saturated rings. The minimum absolute atomic E-state index is 0.152. The Labute approximate surface area is 119 Å². The van der Waals surface area contributed by atoms with Crippen LogP contribution in [0.4, 0.5) is 4.79 Å². The Morgan fingerprint density at radius 2 is 1.95 bits per heavy atom. The first kappa shape index (κ1) is 15.5. The van der Waals surface area contributed by atoms with Crippen LogP contribution in [-0.4, -0.2) is 78.2 Å². The second kappa shape index (κ2) is 6.26. The molecule has 0 aromatic rings. The molecule has 2 aliphatic heterocycles. The zero-order valence-corrected chi connectivity index (χ0v) is 12.5. The molecule has 0 radical (unpaired) electrons. The van der Waals surface area contributed by atoms with E-state index in [0.717, 1.165) is 13.1 Å². The van der Waals surface area contributed by atoms with Gasteiger partial charge in [-0.25, -0.2) is 15.2 Å². The molecule has 0 spiro atoms. The molecule has 20 heavy (non-hydrogen) atoms. The van der Waals surface area contributed by atoms with Gasteiger partial charge < -0.3 is 19.5 Å². The lowest BCUT2D eigenvalue weighted by Gasteiger charge is -2.31. The number of hydrogen-bond donors (Lipinski definition) is 2. The fourth-order valence-corrected chi connectivity index (χ4v) is 2.32. The molecule has 0 bridgehead atoms. The highest BCUT2D eigenvalue weighted by Gasteiger charge is 2.37. The molecule has 2 atom stereocenters. The van der Waals surface area contributed by atoms with Crippen LogP contribution < -0.4 is 5.43 Å². The second-order valence-corrected chi connectivity index (χ2v) is 6.29. The second-order valence-electron chi connectivity index (χ2n) is 6.29. The third kappa shape index (κ3) is 4.31. The van der Waals surface area contributed by atoms with Crippen molar-refractivity contribution in [3.63, 3.8) is 0 Å². The van der Waals surface area contributed by atoms with E-state index in [1.807, 2.05) is 25.8 Å². The SMILES string of the molecule is CC(C)(C)OC(=O)N1CC(O)C(NN2CCOCC2)C1. The summed E-state index contributed by atoms with van der Waals surface area (Å²) in [6, 6.07) is -0.152. The number of aliphatic hydroxyl groups excluding tert-OH is 1. The Morgan fingerprint density at radius 1 is 1.30 bits per heavy atom. The van der Waals surface area contributed by atoms with Crippen LogP contribution in [0.1, 0.15) is 20.8 Å². The summed E-state index contributed by atoms with van der Waals surface area (Å²) >= 11 is 0. The maximum atomic E-state index is 12.0. The van der Waals surface area contributed by atoms with Crippen molar-refractivity contribution < 1.29 is 19.4 Å². The number of nitrogens with one attached hydrogen (secondary N) is 1. The fourth-order valence-electron chi connectivity index (χ4n) is 2.32. The zero-order chi connectivity index (χ0) is 14.8. The van der Waals surface area contributed by atoms with Gasteiger partial charge in [-0.1, -0.05) is 0 Å². The van der Waals surface area contributed by atoms with Crippen molar-refractivity contribution >= 4 is 6.09 Å². The third-order valence-electron chi connectivity index (χ3n) is 3.30. The van der Waals surface area contributed by atoms with Crippen molar-refractivity contribution in [2.24, 2.45) is 0 Å². The van der Waals surface area contributed by atoms with Crippen LogP contribution in [-0.2, 0) is 9.47 Å². The van der Waals surface area contributed by atoms with E-state index in [1.165, 1.54) is 0 Å². The van der Waals surface area contributed by atoms with E-state index in [1.54, 1.807) is 4.90 Å². The molecule has 2 heterocycles. The molecule has 2 rings (SSSR count). The normalized spacial score (nSPS) is 28.7. The van der Waals surface area contributed by atoms with E-state index in [2.05, 4.69) is 5.43 Å².